The highest BCUT2D eigenvalue weighted by molar-refractivity contribution is 5.77. The van der Waals surface area contributed by atoms with Crippen LogP contribution in [0.2, 0.25) is 0 Å². The van der Waals surface area contributed by atoms with E-state index in [1.165, 1.54) is 57.8 Å². The number of carboxylic acids is 3. The van der Waals surface area contributed by atoms with Crippen molar-refractivity contribution < 1.29 is 34.2 Å². The van der Waals surface area contributed by atoms with Gasteiger partial charge in [-0.2, -0.15) is 0 Å². The number of carbonyl (C=O) groups excluding carboxylic acids is 1. The lowest BCUT2D eigenvalue weighted by molar-refractivity contribution is -0.974. The zero-order chi connectivity index (χ0) is 28.1. The maximum absolute atomic E-state index is 12.2. The van der Waals surface area contributed by atoms with E-state index in [0.29, 0.717) is 6.42 Å². The molecule has 0 aliphatic carbocycles. The van der Waals surface area contributed by atoms with Crippen LogP contribution in [0.1, 0.15) is 136 Å². The predicted octanol–water partition coefficient (Wildman–Crippen LogP) is 6.10. The summed E-state index contributed by atoms with van der Waals surface area (Å²) in [5.41, 5.74) is 0. The number of hydrogen-bond donors (Lipinski definition) is 2. The zero-order valence-electron chi connectivity index (χ0n) is 23.9. The van der Waals surface area contributed by atoms with Crippen molar-refractivity contribution in [1.29, 1.82) is 0 Å². The van der Waals surface area contributed by atoms with Gasteiger partial charge < -0.3 is 20.1 Å². The van der Waals surface area contributed by atoms with Crippen molar-refractivity contribution in [3.8, 4) is 0 Å². The minimum Gasteiger partial charge on any atom is -0.544 e. The van der Waals surface area contributed by atoms with Crippen molar-refractivity contribution in [3.63, 3.8) is 0 Å². The van der Waals surface area contributed by atoms with E-state index in [0.717, 1.165) is 32.1 Å². The molecule has 3 atom stereocenters. The Morgan fingerprint density at radius 3 is 1.24 bits per heavy atom. The van der Waals surface area contributed by atoms with Gasteiger partial charge in [0, 0.05) is 19.3 Å². The van der Waals surface area contributed by atoms with Crippen LogP contribution >= 0.6 is 0 Å². The molecule has 0 aromatic heterocycles. The summed E-state index contributed by atoms with van der Waals surface area (Å²) in [6.45, 7) is 9.02. The molecule has 0 aromatic carbocycles. The van der Waals surface area contributed by atoms with Crippen LogP contribution in [0.4, 0.5) is 0 Å². The van der Waals surface area contributed by atoms with E-state index in [1.54, 1.807) is 20.8 Å². The van der Waals surface area contributed by atoms with Gasteiger partial charge in [0.15, 0.2) is 12.1 Å². The second kappa shape index (κ2) is 21.1. The van der Waals surface area contributed by atoms with Crippen molar-refractivity contribution in [3.05, 3.63) is 12.7 Å². The second-order valence-electron chi connectivity index (χ2n) is 10.5. The van der Waals surface area contributed by atoms with Crippen LogP contribution in [0.15, 0.2) is 12.7 Å². The third-order valence-electron chi connectivity index (χ3n) is 7.95. The first kappa shape index (κ1) is 35.1. The Hall–Kier alpha value is -1.89. The maximum Gasteiger partial charge on any atom is 0.362 e. The molecule has 0 aromatic rings. The molecule has 37 heavy (non-hydrogen) atoms. The third-order valence-corrected chi connectivity index (χ3v) is 7.95. The summed E-state index contributed by atoms with van der Waals surface area (Å²) in [4.78, 5) is 36.5. The SMILES string of the molecule is C=CCCCCCCCCCCCCCCCC[N+](C(CC)C(=O)[O-])(C(CC)C(=O)O)C(CC)C(=O)O. The number of allylic oxidation sites excluding steroid dienone is 1. The van der Waals surface area contributed by atoms with Crippen LogP contribution in [0.5, 0.6) is 0 Å². The highest BCUT2D eigenvalue weighted by Crippen LogP contribution is 2.32. The van der Waals surface area contributed by atoms with E-state index in [4.69, 9.17) is 0 Å². The van der Waals surface area contributed by atoms with Crippen molar-refractivity contribution in [1.82, 2.24) is 0 Å². The average Bonchev–Trinajstić information content (AvgIpc) is 2.84. The lowest BCUT2D eigenvalue weighted by Crippen LogP contribution is -2.73. The fourth-order valence-electron chi connectivity index (χ4n) is 6.06. The molecular weight excluding hydrogens is 470 g/mol. The van der Waals surface area contributed by atoms with E-state index in [-0.39, 0.29) is 25.8 Å². The normalized spacial score (nSPS) is 15.4. The summed E-state index contributed by atoms with van der Waals surface area (Å²) in [5, 5.41) is 32.1. The standard InChI is InChI=1S/C30H55NO6/c1-5-9-10-11-12-13-14-15-16-17-18-19-20-21-22-23-24-31(25(6-2)28(32)33,26(7-3)29(34)35)27(8-4)30(36)37/h5,25-27H,1,6-24H2,2-4H3,(H2-,32,33,34,35,36,37). The van der Waals surface area contributed by atoms with Crippen LogP contribution in [0, 0.1) is 0 Å². The molecular formula is C30H55NO6. The van der Waals surface area contributed by atoms with Gasteiger partial charge in [0.05, 0.1) is 12.5 Å². The number of nitrogens with zero attached hydrogens (tertiary/aromatic N) is 1. The molecule has 2 N–H and O–H groups in total. The number of aliphatic carboxylic acids is 3. The molecule has 0 spiro atoms. The van der Waals surface area contributed by atoms with Crippen LogP contribution < -0.4 is 5.11 Å². The molecule has 0 bridgehead atoms. The molecule has 7 nitrogen and oxygen atoms in total. The Kier molecular flexibility index (Phi) is 20.0. The lowest BCUT2D eigenvalue weighted by atomic mass is 9.93. The van der Waals surface area contributed by atoms with E-state index in [2.05, 4.69) is 6.58 Å². The van der Waals surface area contributed by atoms with Crippen LogP contribution in [-0.2, 0) is 14.4 Å². The summed E-state index contributed by atoms with van der Waals surface area (Å²) < 4.78 is -0.468. The van der Waals surface area contributed by atoms with Crippen LogP contribution in [-0.4, -0.2) is 57.3 Å². The molecule has 0 rings (SSSR count). The Balaban J connectivity index is 4.70. The van der Waals surface area contributed by atoms with E-state index in [1.807, 2.05) is 6.08 Å². The zero-order valence-corrected chi connectivity index (χ0v) is 23.9. The summed E-state index contributed by atoms with van der Waals surface area (Å²) in [7, 11) is 0. The van der Waals surface area contributed by atoms with Crippen molar-refractivity contribution in [2.24, 2.45) is 0 Å². The molecule has 0 fully saturated rings. The van der Waals surface area contributed by atoms with Crippen LogP contribution in [0.25, 0.3) is 0 Å². The molecule has 0 radical (unpaired) electrons. The number of hydrogen-bond acceptors (Lipinski definition) is 4. The van der Waals surface area contributed by atoms with Gasteiger partial charge >= 0.3 is 11.9 Å². The second-order valence-corrected chi connectivity index (χ2v) is 10.5. The summed E-state index contributed by atoms with van der Waals surface area (Å²) in [6, 6.07) is -3.37. The molecule has 0 amide bonds. The van der Waals surface area contributed by atoms with Gasteiger partial charge in [-0.15, -0.1) is 6.58 Å². The fourth-order valence-corrected chi connectivity index (χ4v) is 6.06. The molecule has 7 heteroatoms. The molecule has 216 valence electrons. The predicted molar refractivity (Wildman–Crippen MR) is 147 cm³/mol. The lowest BCUT2D eigenvalue weighted by Gasteiger charge is -2.51. The van der Waals surface area contributed by atoms with Gasteiger partial charge in [0.2, 0.25) is 0 Å². The summed E-state index contributed by atoms with van der Waals surface area (Å²) >= 11 is 0. The monoisotopic (exact) mass is 525 g/mol. The Bertz CT molecular complexity index is 595. The van der Waals surface area contributed by atoms with E-state index < -0.39 is 40.5 Å². The van der Waals surface area contributed by atoms with Gasteiger partial charge in [0.25, 0.3) is 0 Å². The minimum atomic E-state index is -1.37. The molecule has 0 aliphatic heterocycles. The third kappa shape index (κ3) is 12.5. The number of quaternary nitrogens is 1. The highest BCUT2D eigenvalue weighted by Gasteiger charge is 2.53. The first-order chi connectivity index (χ1) is 17.7. The highest BCUT2D eigenvalue weighted by atomic mass is 16.4. The Morgan fingerprint density at radius 2 is 0.973 bits per heavy atom. The fraction of sp³-hybridized carbons (Fsp3) is 0.833. The van der Waals surface area contributed by atoms with Crippen molar-refractivity contribution >= 4 is 17.9 Å². The quantitative estimate of drug-likeness (QED) is 0.0801. The van der Waals surface area contributed by atoms with Gasteiger partial charge in [-0.1, -0.05) is 97.5 Å². The minimum absolute atomic E-state index is 0.130. The molecule has 3 unspecified atom stereocenters. The van der Waals surface area contributed by atoms with Crippen LogP contribution in [0.3, 0.4) is 0 Å². The average molecular weight is 526 g/mol. The largest absolute Gasteiger partial charge is 0.544 e. The van der Waals surface area contributed by atoms with Gasteiger partial charge in [-0.25, -0.2) is 9.59 Å². The van der Waals surface area contributed by atoms with Gasteiger partial charge in [-0.3, -0.25) is 4.48 Å². The topological polar surface area (TPSA) is 115 Å². The number of rotatable bonds is 26. The van der Waals surface area contributed by atoms with Crippen molar-refractivity contribution in [2.75, 3.05) is 6.54 Å². The molecule has 0 saturated carbocycles. The number of carbonyl (C=O) groups is 3. The molecule has 0 aliphatic rings. The smallest absolute Gasteiger partial charge is 0.362 e. The maximum atomic E-state index is 12.2. The molecule has 0 saturated heterocycles. The van der Waals surface area contributed by atoms with E-state index >= 15 is 0 Å². The number of unbranched alkanes of at least 4 members (excludes halogenated alkanes) is 14. The summed E-state index contributed by atoms with van der Waals surface area (Å²) in [5.74, 6) is -3.65. The van der Waals surface area contributed by atoms with E-state index in [9.17, 15) is 29.7 Å². The van der Waals surface area contributed by atoms with Crippen molar-refractivity contribution in [2.45, 2.75) is 154 Å². The first-order valence-electron chi connectivity index (χ1n) is 14.9. The number of carboxylic acid groups (broad SMARTS) is 3. The van der Waals surface area contributed by atoms with Gasteiger partial charge in [-0.05, 0) is 25.7 Å². The Morgan fingerprint density at radius 1 is 0.649 bits per heavy atom. The van der Waals surface area contributed by atoms with Gasteiger partial charge in [0.1, 0.15) is 6.04 Å². The first-order valence-corrected chi connectivity index (χ1v) is 14.9. The molecule has 0 heterocycles. The Labute approximate surface area is 225 Å². The summed E-state index contributed by atoms with van der Waals surface area (Å²) in [6.07, 6.45) is 19.9.